The third-order valence-corrected chi connectivity index (χ3v) is 2.46. The van der Waals surface area contributed by atoms with Gasteiger partial charge in [-0.05, 0) is 6.42 Å². The molecule has 0 bridgehead atoms. The van der Waals surface area contributed by atoms with Gasteiger partial charge in [0.15, 0.2) is 5.82 Å². The predicted molar refractivity (Wildman–Crippen MR) is 62.4 cm³/mol. The zero-order valence-corrected chi connectivity index (χ0v) is 10.3. The Kier molecular flexibility index (Phi) is 6.76. The topological polar surface area (TPSA) is 82.6 Å². The van der Waals surface area contributed by atoms with Crippen molar-refractivity contribution in [3.8, 4) is 0 Å². The molecule has 0 saturated heterocycles. The fourth-order valence-corrected chi connectivity index (χ4v) is 1.53. The highest BCUT2D eigenvalue weighted by Gasteiger charge is 2.11. The lowest BCUT2D eigenvalue weighted by atomic mass is 10.2. The van der Waals surface area contributed by atoms with Gasteiger partial charge in [-0.15, -0.1) is 0 Å². The van der Waals surface area contributed by atoms with Crippen molar-refractivity contribution in [2.24, 2.45) is 0 Å². The monoisotopic (exact) mass is 243 g/mol. The molecule has 1 heterocycles. The maximum Gasteiger partial charge on any atom is 0.240 e. The van der Waals surface area contributed by atoms with E-state index in [1.54, 1.807) is 0 Å². The normalized spacial score (nSPS) is 11.3. The summed E-state index contributed by atoms with van der Waals surface area (Å²) in [5.41, 5.74) is 0. The van der Waals surface area contributed by atoms with E-state index in [0.717, 1.165) is 25.1 Å². The van der Waals surface area contributed by atoms with E-state index in [1.165, 1.54) is 0 Å². The molecule has 0 atom stereocenters. The van der Waals surface area contributed by atoms with Crippen LogP contribution in [0.25, 0.3) is 0 Å². The van der Waals surface area contributed by atoms with Crippen molar-refractivity contribution in [3.05, 3.63) is 11.7 Å². The second kappa shape index (κ2) is 8.16. The van der Waals surface area contributed by atoms with Crippen LogP contribution in [0.2, 0.25) is 0 Å². The second-order valence-electron chi connectivity index (χ2n) is 3.93. The Balaban J connectivity index is 2.45. The molecule has 17 heavy (non-hydrogen) atoms. The molecule has 1 aromatic rings. The second-order valence-corrected chi connectivity index (χ2v) is 3.93. The molecule has 0 radical (unpaired) electrons. The summed E-state index contributed by atoms with van der Waals surface area (Å²) < 4.78 is 5.12. The van der Waals surface area contributed by atoms with Crippen molar-refractivity contribution in [1.29, 1.82) is 0 Å². The van der Waals surface area contributed by atoms with Crippen LogP contribution >= 0.6 is 0 Å². The minimum absolute atomic E-state index is 0.0524. The van der Waals surface area contributed by atoms with Gasteiger partial charge in [-0.25, -0.2) is 0 Å². The summed E-state index contributed by atoms with van der Waals surface area (Å²) in [6.45, 7) is 3.68. The van der Waals surface area contributed by atoms with E-state index in [2.05, 4.69) is 17.1 Å². The Morgan fingerprint density at radius 2 is 1.94 bits per heavy atom. The lowest BCUT2D eigenvalue weighted by molar-refractivity contribution is 0.143. The fraction of sp³-hybridized carbons (Fsp3) is 0.818. The van der Waals surface area contributed by atoms with Gasteiger partial charge in [0.1, 0.15) is 0 Å². The van der Waals surface area contributed by atoms with Crippen LogP contribution in [0.15, 0.2) is 4.52 Å². The molecule has 6 nitrogen and oxygen atoms in total. The van der Waals surface area contributed by atoms with E-state index < -0.39 is 0 Å². The van der Waals surface area contributed by atoms with Gasteiger partial charge in [-0.3, -0.25) is 4.90 Å². The third kappa shape index (κ3) is 5.25. The summed E-state index contributed by atoms with van der Waals surface area (Å²) in [5.74, 6) is 1.27. The van der Waals surface area contributed by atoms with Crippen LogP contribution in [-0.4, -0.2) is 51.6 Å². The lowest BCUT2D eigenvalue weighted by Crippen LogP contribution is -2.29. The number of rotatable bonds is 9. The number of hydrogen-bond acceptors (Lipinski definition) is 6. The van der Waals surface area contributed by atoms with E-state index in [0.29, 0.717) is 25.5 Å². The molecule has 0 unspecified atom stereocenters. The van der Waals surface area contributed by atoms with Crippen LogP contribution < -0.4 is 0 Å². The average Bonchev–Trinajstić information content (AvgIpc) is 2.75. The van der Waals surface area contributed by atoms with Crippen LogP contribution in [0.1, 0.15) is 31.5 Å². The molecule has 98 valence electrons. The van der Waals surface area contributed by atoms with Gasteiger partial charge >= 0.3 is 0 Å². The molecule has 0 spiro atoms. The number of hydrogen-bond donors (Lipinski definition) is 2. The lowest BCUT2D eigenvalue weighted by Gasteiger charge is -2.17. The molecule has 0 aromatic carbocycles. The fourth-order valence-electron chi connectivity index (χ4n) is 1.53. The summed E-state index contributed by atoms with van der Waals surface area (Å²) in [6.07, 6.45) is 2.99. The van der Waals surface area contributed by atoms with E-state index in [1.807, 2.05) is 4.90 Å². The molecule has 0 aliphatic heterocycles. The van der Waals surface area contributed by atoms with Gasteiger partial charge in [0.2, 0.25) is 5.89 Å². The molecular formula is C11H21N3O3. The molecule has 0 saturated carbocycles. The van der Waals surface area contributed by atoms with Crippen LogP contribution in [-0.2, 0) is 13.0 Å². The molecule has 6 heteroatoms. The molecular weight excluding hydrogens is 222 g/mol. The van der Waals surface area contributed by atoms with Gasteiger partial charge in [0.05, 0.1) is 19.8 Å². The summed E-state index contributed by atoms with van der Waals surface area (Å²) in [7, 11) is 0. The largest absolute Gasteiger partial charge is 0.395 e. The molecule has 0 aliphatic carbocycles. The minimum atomic E-state index is 0.0524. The Labute approximate surface area is 101 Å². The maximum atomic E-state index is 8.87. The van der Waals surface area contributed by atoms with Crippen LogP contribution in [0.4, 0.5) is 0 Å². The Hall–Kier alpha value is -0.980. The van der Waals surface area contributed by atoms with Crippen molar-refractivity contribution in [3.63, 3.8) is 0 Å². The number of aliphatic hydroxyl groups is 2. The van der Waals surface area contributed by atoms with Gasteiger partial charge in [0.25, 0.3) is 0 Å². The summed E-state index contributed by atoms with van der Waals surface area (Å²) in [4.78, 5) is 6.14. The highest BCUT2D eigenvalue weighted by atomic mass is 16.5. The first kappa shape index (κ1) is 14.1. The average molecular weight is 243 g/mol. The standard InChI is InChI=1S/C11H21N3O3/c1-2-3-4-10-12-11(17-13-10)9-14(5-7-15)6-8-16/h15-16H,2-9H2,1H3. The zero-order valence-electron chi connectivity index (χ0n) is 10.3. The summed E-state index contributed by atoms with van der Waals surface area (Å²) in [5, 5.41) is 21.6. The van der Waals surface area contributed by atoms with Gasteiger partial charge in [0, 0.05) is 19.5 Å². The number of aromatic nitrogens is 2. The quantitative estimate of drug-likeness (QED) is 0.644. The van der Waals surface area contributed by atoms with Crippen molar-refractivity contribution in [1.82, 2.24) is 15.0 Å². The van der Waals surface area contributed by atoms with Crippen molar-refractivity contribution in [2.75, 3.05) is 26.3 Å². The van der Waals surface area contributed by atoms with Crippen molar-refractivity contribution < 1.29 is 14.7 Å². The van der Waals surface area contributed by atoms with Crippen LogP contribution in [0.3, 0.4) is 0 Å². The minimum Gasteiger partial charge on any atom is -0.395 e. The Bertz CT molecular complexity index is 298. The van der Waals surface area contributed by atoms with E-state index in [9.17, 15) is 0 Å². The first-order chi connectivity index (χ1) is 8.30. The molecule has 1 rings (SSSR count). The number of aliphatic hydroxyl groups excluding tert-OH is 2. The number of aryl methyl sites for hydroxylation is 1. The predicted octanol–water partition coefficient (Wildman–Crippen LogP) is 0.199. The highest BCUT2D eigenvalue weighted by Crippen LogP contribution is 2.05. The highest BCUT2D eigenvalue weighted by molar-refractivity contribution is 4.86. The maximum absolute atomic E-state index is 8.87. The number of nitrogens with zero attached hydrogens (tertiary/aromatic N) is 3. The summed E-state index contributed by atoms with van der Waals surface area (Å²) in [6, 6.07) is 0. The van der Waals surface area contributed by atoms with Crippen molar-refractivity contribution in [2.45, 2.75) is 32.7 Å². The smallest absolute Gasteiger partial charge is 0.240 e. The van der Waals surface area contributed by atoms with Gasteiger partial charge in [-0.2, -0.15) is 4.98 Å². The van der Waals surface area contributed by atoms with E-state index >= 15 is 0 Å². The number of unbranched alkanes of at least 4 members (excludes halogenated alkanes) is 1. The zero-order chi connectivity index (χ0) is 12.5. The first-order valence-corrected chi connectivity index (χ1v) is 6.05. The Morgan fingerprint density at radius 1 is 1.24 bits per heavy atom. The first-order valence-electron chi connectivity index (χ1n) is 6.05. The molecule has 1 aromatic heterocycles. The molecule has 2 N–H and O–H groups in total. The SMILES string of the molecule is CCCCc1noc(CN(CCO)CCO)n1. The molecule has 0 aliphatic rings. The van der Waals surface area contributed by atoms with E-state index in [-0.39, 0.29) is 13.2 Å². The van der Waals surface area contributed by atoms with Crippen molar-refractivity contribution >= 4 is 0 Å². The third-order valence-electron chi connectivity index (χ3n) is 2.46. The molecule has 0 fully saturated rings. The Morgan fingerprint density at radius 3 is 2.53 bits per heavy atom. The summed E-state index contributed by atoms with van der Waals surface area (Å²) >= 11 is 0. The van der Waals surface area contributed by atoms with Gasteiger partial charge < -0.3 is 14.7 Å². The van der Waals surface area contributed by atoms with Crippen LogP contribution in [0.5, 0.6) is 0 Å². The van der Waals surface area contributed by atoms with Crippen LogP contribution in [0, 0.1) is 0 Å². The van der Waals surface area contributed by atoms with Gasteiger partial charge in [-0.1, -0.05) is 18.5 Å². The van der Waals surface area contributed by atoms with E-state index in [4.69, 9.17) is 14.7 Å². The molecule has 0 amide bonds.